The molecule has 0 saturated carbocycles. The summed E-state index contributed by atoms with van der Waals surface area (Å²) in [6.45, 7) is 5.98. The van der Waals surface area contributed by atoms with Crippen molar-refractivity contribution < 1.29 is 9.47 Å². The summed E-state index contributed by atoms with van der Waals surface area (Å²) >= 11 is 0. The summed E-state index contributed by atoms with van der Waals surface area (Å²) in [7, 11) is 0. The number of rotatable bonds is 2. The SMILES string of the molecule is Cc1ccnc(OC2CC(C)OC(C)C2)c1C#N. The second-order valence-electron chi connectivity index (χ2n) is 4.89. The molecule has 4 nitrogen and oxygen atoms in total. The van der Waals surface area contributed by atoms with Gasteiger partial charge in [0.2, 0.25) is 5.88 Å². The van der Waals surface area contributed by atoms with Gasteiger partial charge >= 0.3 is 0 Å². The number of nitrogens with zero attached hydrogens (tertiary/aromatic N) is 2. The van der Waals surface area contributed by atoms with Gasteiger partial charge < -0.3 is 9.47 Å². The van der Waals surface area contributed by atoms with E-state index in [4.69, 9.17) is 14.7 Å². The average Bonchev–Trinajstić information content (AvgIpc) is 2.27. The quantitative estimate of drug-likeness (QED) is 0.804. The summed E-state index contributed by atoms with van der Waals surface area (Å²) in [6, 6.07) is 3.98. The van der Waals surface area contributed by atoms with Gasteiger partial charge in [0, 0.05) is 19.0 Å². The predicted octanol–water partition coefficient (Wildman–Crippen LogP) is 2.60. The van der Waals surface area contributed by atoms with Crippen molar-refractivity contribution in [3.63, 3.8) is 0 Å². The van der Waals surface area contributed by atoms with Gasteiger partial charge in [0.1, 0.15) is 17.7 Å². The first-order valence-electron chi connectivity index (χ1n) is 6.28. The van der Waals surface area contributed by atoms with Gasteiger partial charge in [-0.1, -0.05) is 0 Å². The molecule has 2 rings (SSSR count). The van der Waals surface area contributed by atoms with Gasteiger partial charge in [0.25, 0.3) is 0 Å². The van der Waals surface area contributed by atoms with Gasteiger partial charge in [-0.05, 0) is 32.4 Å². The van der Waals surface area contributed by atoms with Crippen molar-refractivity contribution in [3.8, 4) is 11.9 Å². The number of hydrogen-bond donors (Lipinski definition) is 0. The van der Waals surface area contributed by atoms with Crippen molar-refractivity contribution in [1.29, 1.82) is 5.26 Å². The fraction of sp³-hybridized carbons (Fsp3) is 0.571. The smallest absolute Gasteiger partial charge is 0.232 e. The van der Waals surface area contributed by atoms with E-state index < -0.39 is 0 Å². The van der Waals surface area contributed by atoms with Crippen LogP contribution in [-0.4, -0.2) is 23.3 Å². The van der Waals surface area contributed by atoms with Crippen LogP contribution >= 0.6 is 0 Å². The molecule has 1 aromatic heterocycles. The minimum Gasteiger partial charge on any atom is -0.473 e. The summed E-state index contributed by atoms with van der Waals surface area (Å²) in [6.07, 6.45) is 3.81. The van der Waals surface area contributed by atoms with Crippen LogP contribution in [0.3, 0.4) is 0 Å². The highest BCUT2D eigenvalue weighted by Gasteiger charge is 2.26. The van der Waals surface area contributed by atoms with Crippen molar-refractivity contribution in [3.05, 3.63) is 23.4 Å². The van der Waals surface area contributed by atoms with Crippen LogP contribution in [0.1, 0.15) is 37.8 Å². The summed E-state index contributed by atoms with van der Waals surface area (Å²) in [5, 5.41) is 9.14. The largest absolute Gasteiger partial charge is 0.473 e. The lowest BCUT2D eigenvalue weighted by Gasteiger charge is -2.32. The Balaban J connectivity index is 2.14. The Morgan fingerprint density at radius 2 is 2.06 bits per heavy atom. The van der Waals surface area contributed by atoms with Gasteiger partial charge in [-0.15, -0.1) is 0 Å². The standard InChI is InChI=1S/C14H18N2O2/c1-9-4-5-16-14(13(9)8-15)18-12-6-10(2)17-11(3)7-12/h4-5,10-12H,6-7H2,1-3H3. The monoisotopic (exact) mass is 246 g/mol. The van der Waals surface area contributed by atoms with Crippen molar-refractivity contribution in [2.75, 3.05) is 0 Å². The number of nitriles is 1. The third-order valence-electron chi connectivity index (χ3n) is 3.17. The zero-order valence-corrected chi connectivity index (χ0v) is 11.0. The zero-order valence-electron chi connectivity index (χ0n) is 11.0. The summed E-state index contributed by atoms with van der Waals surface area (Å²) in [5.41, 5.74) is 1.43. The molecule has 0 radical (unpaired) electrons. The highest BCUT2D eigenvalue weighted by Crippen LogP contribution is 2.25. The van der Waals surface area contributed by atoms with Gasteiger partial charge in [-0.3, -0.25) is 0 Å². The highest BCUT2D eigenvalue weighted by atomic mass is 16.5. The molecule has 2 unspecified atom stereocenters. The zero-order chi connectivity index (χ0) is 13.1. The molecule has 1 aliphatic rings. The van der Waals surface area contributed by atoms with Crippen LogP contribution in [0.15, 0.2) is 12.3 Å². The number of pyridine rings is 1. The van der Waals surface area contributed by atoms with Crippen LogP contribution in [0.5, 0.6) is 5.88 Å². The minimum atomic E-state index is 0.0742. The van der Waals surface area contributed by atoms with Crippen LogP contribution < -0.4 is 4.74 Å². The van der Waals surface area contributed by atoms with E-state index in [1.807, 2.05) is 26.8 Å². The van der Waals surface area contributed by atoms with Crippen molar-refractivity contribution >= 4 is 0 Å². The Hall–Kier alpha value is -1.60. The lowest BCUT2D eigenvalue weighted by Crippen LogP contribution is -2.36. The maximum atomic E-state index is 9.14. The Labute approximate surface area is 108 Å². The first-order valence-corrected chi connectivity index (χ1v) is 6.28. The molecule has 0 amide bonds. The second kappa shape index (κ2) is 5.36. The number of hydrogen-bond acceptors (Lipinski definition) is 4. The van der Waals surface area contributed by atoms with Crippen LogP contribution in [0, 0.1) is 18.3 Å². The van der Waals surface area contributed by atoms with E-state index >= 15 is 0 Å². The fourth-order valence-electron chi connectivity index (χ4n) is 2.36. The molecule has 2 atom stereocenters. The summed E-state index contributed by atoms with van der Waals surface area (Å²) < 4.78 is 11.6. The molecule has 0 aromatic carbocycles. The van der Waals surface area contributed by atoms with Crippen LogP contribution in [-0.2, 0) is 4.74 Å². The third-order valence-corrected chi connectivity index (χ3v) is 3.17. The molecular weight excluding hydrogens is 228 g/mol. The predicted molar refractivity (Wildman–Crippen MR) is 67.3 cm³/mol. The maximum Gasteiger partial charge on any atom is 0.232 e. The van der Waals surface area contributed by atoms with Gasteiger partial charge in [-0.25, -0.2) is 4.98 Å². The number of aromatic nitrogens is 1. The van der Waals surface area contributed by atoms with Crippen molar-refractivity contribution in [1.82, 2.24) is 4.98 Å². The van der Waals surface area contributed by atoms with Gasteiger partial charge in [0.05, 0.1) is 12.2 Å². The molecule has 1 aromatic rings. The third kappa shape index (κ3) is 2.80. The van der Waals surface area contributed by atoms with Gasteiger partial charge in [-0.2, -0.15) is 5.26 Å². The number of aryl methyl sites for hydroxylation is 1. The van der Waals surface area contributed by atoms with E-state index in [1.165, 1.54) is 0 Å². The van der Waals surface area contributed by atoms with E-state index in [1.54, 1.807) is 6.20 Å². The Bertz CT molecular complexity index is 457. The van der Waals surface area contributed by atoms with Crippen molar-refractivity contribution in [2.24, 2.45) is 0 Å². The molecule has 96 valence electrons. The highest BCUT2D eigenvalue weighted by molar-refractivity contribution is 5.43. The lowest BCUT2D eigenvalue weighted by atomic mass is 10.0. The first kappa shape index (κ1) is 12.8. The average molecular weight is 246 g/mol. The van der Waals surface area contributed by atoms with E-state index in [-0.39, 0.29) is 18.3 Å². The topological polar surface area (TPSA) is 55.1 Å². The van der Waals surface area contributed by atoms with E-state index in [0.717, 1.165) is 18.4 Å². The molecule has 0 N–H and O–H groups in total. The minimum absolute atomic E-state index is 0.0742. The summed E-state index contributed by atoms with van der Waals surface area (Å²) in [5.74, 6) is 0.448. The molecule has 18 heavy (non-hydrogen) atoms. The van der Waals surface area contributed by atoms with Crippen LogP contribution in [0.4, 0.5) is 0 Å². The molecule has 0 aliphatic carbocycles. The first-order chi connectivity index (χ1) is 8.60. The Morgan fingerprint density at radius 1 is 1.39 bits per heavy atom. The van der Waals surface area contributed by atoms with Crippen LogP contribution in [0.25, 0.3) is 0 Å². The molecular formula is C14H18N2O2. The Kier molecular flexibility index (Phi) is 3.83. The molecule has 1 fully saturated rings. The Morgan fingerprint density at radius 3 is 2.67 bits per heavy atom. The number of ether oxygens (including phenoxy) is 2. The second-order valence-corrected chi connectivity index (χ2v) is 4.89. The molecule has 1 saturated heterocycles. The van der Waals surface area contributed by atoms with E-state index in [0.29, 0.717) is 11.4 Å². The molecule has 2 heterocycles. The maximum absolute atomic E-state index is 9.14. The molecule has 4 heteroatoms. The van der Waals surface area contributed by atoms with Gasteiger partial charge in [0.15, 0.2) is 0 Å². The van der Waals surface area contributed by atoms with Crippen molar-refractivity contribution in [2.45, 2.75) is 51.9 Å². The van der Waals surface area contributed by atoms with E-state index in [2.05, 4.69) is 11.1 Å². The molecule has 1 aliphatic heterocycles. The normalized spacial score (nSPS) is 27.6. The van der Waals surface area contributed by atoms with E-state index in [9.17, 15) is 0 Å². The summed E-state index contributed by atoms with van der Waals surface area (Å²) in [4.78, 5) is 4.17. The fourth-order valence-corrected chi connectivity index (χ4v) is 2.36. The molecule has 0 spiro atoms. The molecule has 0 bridgehead atoms. The lowest BCUT2D eigenvalue weighted by molar-refractivity contribution is -0.0730. The van der Waals surface area contributed by atoms with Crippen LogP contribution in [0.2, 0.25) is 0 Å².